The molecule has 0 radical (unpaired) electrons. The second kappa shape index (κ2) is 3.93. The Balaban J connectivity index is 2.45. The van der Waals surface area contributed by atoms with Crippen LogP contribution in [0.2, 0.25) is 0 Å². The molecule has 1 heterocycles. The molecule has 2 aromatic rings. The molecule has 0 unspecified atom stereocenters. The van der Waals surface area contributed by atoms with Gasteiger partial charge >= 0.3 is 0 Å². The van der Waals surface area contributed by atoms with Gasteiger partial charge in [-0.1, -0.05) is 17.2 Å². The first-order valence-corrected chi connectivity index (χ1v) is 5.19. The van der Waals surface area contributed by atoms with Gasteiger partial charge in [0.05, 0.1) is 0 Å². The summed E-state index contributed by atoms with van der Waals surface area (Å²) in [5.41, 5.74) is 3.54. The second-order valence-electron chi connectivity index (χ2n) is 4.05. The lowest BCUT2D eigenvalue weighted by Gasteiger charge is -2.04. The van der Waals surface area contributed by atoms with E-state index < -0.39 is 0 Å². The van der Waals surface area contributed by atoms with E-state index in [4.69, 9.17) is 0 Å². The van der Waals surface area contributed by atoms with E-state index in [2.05, 4.69) is 11.2 Å². The molecule has 0 N–H and O–H groups in total. The van der Waals surface area contributed by atoms with Gasteiger partial charge < -0.3 is 0 Å². The highest BCUT2D eigenvalue weighted by molar-refractivity contribution is 6.08. The monoisotopic (exact) mass is 214 g/mol. The molecule has 3 nitrogen and oxygen atoms in total. The van der Waals surface area contributed by atoms with Gasteiger partial charge in [-0.05, 0) is 32.0 Å². The fourth-order valence-corrected chi connectivity index (χ4v) is 1.85. The summed E-state index contributed by atoms with van der Waals surface area (Å²) in [4.78, 5) is 12.2. The van der Waals surface area contributed by atoms with E-state index in [1.165, 1.54) is 0 Å². The van der Waals surface area contributed by atoms with Crippen molar-refractivity contribution >= 4 is 5.78 Å². The molecule has 0 amide bonds. The number of nitrogens with zero attached hydrogens (tertiary/aromatic N) is 2. The van der Waals surface area contributed by atoms with Crippen molar-refractivity contribution in [2.24, 2.45) is 7.05 Å². The van der Waals surface area contributed by atoms with Crippen LogP contribution in [0.4, 0.5) is 0 Å². The van der Waals surface area contributed by atoms with Crippen LogP contribution >= 0.6 is 0 Å². The minimum absolute atomic E-state index is 0.0202. The van der Waals surface area contributed by atoms with Gasteiger partial charge in [0.2, 0.25) is 5.78 Å². The van der Waals surface area contributed by atoms with Crippen LogP contribution < -0.4 is 0 Å². The molecule has 0 saturated heterocycles. The van der Waals surface area contributed by atoms with E-state index in [1.807, 2.05) is 26.0 Å². The normalized spacial score (nSPS) is 10.4. The van der Waals surface area contributed by atoms with Crippen LogP contribution in [0, 0.1) is 13.8 Å². The fraction of sp³-hybridized carbons (Fsp3) is 0.231. The largest absolute Gasteiger partial charge is 0.287 e. The first kappa shape index (κ1) is 10.6. The van der Waals surface area contributed by atoms with E-state index in [0.29, 0.717) is 5.69 Å². The molecule has 16 heavy (non-hydrogen) atoms. The molecular formula is C13H14N2O. The van der Waals surface area contributed by atoms with Crippen LogP contribution in [-0.4, -0.2) is 15.6 Å². The Bertz CT molecular complexity index is 520. The first-order chi connectivity index (χ1) is 7.58. The zero-order valence-electron chi connectivity index (χ0n) is 9.69. The standard InChI is InChI=1S/C13H14N2O/c1-9-6-10(2)8-11(7-9)13(16)12-4-5-14-15(12)3/h4-8H,1-3H3. The zero-order chi connectivity index (χ0) is 11.7. The quantitative estimate of drug-likeness (QED) is 0.719. The third kappa shape index (κ3) is 1.89. The smallest absolute Gasteiger partial charge is 0.211 e. The molecule has 82 valence electrons. The predicted octanol–water partition coefficient (Wildman–Crippen LogP) is 2.27. The molecule has 1 aromatic heterocycles. The molecule has 0 saturated carbocycles. The van der Waals surface area contributed by atoms with Crippen molar-refractivity contribution in [3.05, 3.63) is 52.8 Å². The van der Waals surface area contributed by atoms with Crippen LogP contribution in [0.3, 0.4) is 0 Å². The molecular weight excluding hydrogens is 200 g/mol. The van der Waals surface area contributed by atoms with Crippen LogP contribution in [0.15, 0.2) is 30.5 Å². The number of carbonyl (C=O) groups is 1. The van der Waals surface area contributed by atoms with Crippen molar-refractivity contribution in [2.45, 2.75) is 13.8 Å². The Kier molecular flexibility index (Phi) is 2.60. The summed E-state index contributed by atoms with van der Waals surface area (Å²) in [5, 5.41) is 4.00. The van der Waals surface area contributed by atoms with Gasteiger partial charge in [0.15, 0.2) is 0 Å². The van der Waals surface area contributed by atoms with Crippen molar-refractivity contribution in [1.29, 1.82) is 0 Å². The van der Waals surface area contributed by atoms with E-state index in [-0.39, 0.29) is 5.78 Å². The number of benzene rings is 1. The minimum atomic E-state index is 0.0202. The van der Waals surface area contributed by atoms with Gasteiger partial charge in [0.25, 0.3) is 0 Å². The Morgan fingerprint density at radius 2 is 1.81 bits per heavy atom. The average molecular weight is 214 g/mol. The summed E-state index contributed by atoms with van der Waals surface area (Å²) < 4.78 is 1.60. The number of ketones is 1. The lowest BCUT2D eigenvalue weighted by molar-refractivity contribution is 0.103. The van der Waals surface area contributed by atoms with Crippen molar-refractivity contribution in [2.75, 3.05) is 0 Å². The van der Waals surface area contributed by atoms with Gasteiger partial charge in [0.1, 0.15) is 5.69 Å². The van der Waals surface area contributed by atoms with E-state index in [0.717, 1.165) is 16.7 Å². The molecule has 0 aliphatic heterocycles. The lowest BCUT2D eigenvalue weighted by Crippen LogP contribution is -2.08. The number of rotatable bonds is 2. The third-order valence-electron chi connectivity index (χ3n) is 2.54. The van der Waals surface area contributed by atoms with Crippen LogP contribution in [0.25, 0.3) is 0 Å². The first-order valence-electron chi connectivity index (χ1n) is 5.19. The number of aromatic nitrogens is 2. The summed E-state index contributed by atoms with van der Waals surface area (Å²) in [7, 11) is 1.77. The maximum absolute atomic E-state index is 12.2. The summed E-state index contributed by atoms with van der Waals surface area (Å²) in [6, 6.07) is 7.60. The molecule has 3 heteroatoms. The summed E-state index contributed by atoms with van der Waals surface area (Å²) in [5.74, 6) is 0.0202. The fourth-order valence-electron chi connectivity index (χ4n) is 1.85. The SMILES string of the molecule is Cc1cc(C)cc(C(=O)c2ccnn2C)c1. The van der Waals surface area contributed by atoms with Crippen LogP contribution in [0.5, 0.6) is 0 Å². The Morgan fingerprint density at radius 1 is 1.19 bits per heavy atom. The summed E-state index contributed by atoms with van der Waals surface area (Å²) in [6.07, 6.45) is 1.63. The van der Waals surface area contributed by atoms with Crippen LogP contribution in [-0.2, 0) is 7.05 Å². The van der Waals surface area contributed by atoms with Gasteiger partial charge in [-0.25, -0.2) is 0 Å². The topological polar surface area (TPSA) is 34.9 Å². The van der Waals surface area contributed by atoms with Gasteiger partial charge in [-0.2, -0.15) is 5.10 Å². The van der Waals surface area contributed by atoms with Gasteiger partial charge in [0, 0.05) is 18.8 Å². The molecule has 0 aliphatic rings. The molecule has 0 atom stereocenters. The maximum Gasteiger partial charge on any atom is 0.211 e. The lowest BCUT2D eigenvalue weighted by atomic mass is 10.0. The molecule has 0 spiro atoms. The third-order valence-corrected chi connectivity index (χ3v) is 2.54. The predicted molar refractivity (Wildman–Crippen MR) is 62.6 cm³/mol. The van der Waals surface area contributed by atoms with Crippen molar-refractivity contribution in [3.8, 4) is 0 Å². The maximum atomic E-state index is 12.2. The van der Waals surface area contributed by atoms with E-state index in [9.17, 15) is 4.79 Å². The Morgan fingerprint density at radius 3 is 2.31 bits per heavy atom. The Labute approximate surface area is 94.7 Å². The highest BCUT2D eigenvalue weighted by atomic mass is 16.1. The molecule has 2 rings (SSSR count). The highest BCUT2D eigenvalue weighted by Gasteiger charge is 2.12. The van der Waals surface area contributed by atoms with Crippen molar-refractivity contribution < 1.29 is 4.79 Å². The second-order valence-corrected chi connectivity index (χ2v) is 4.05. The highest BCUT2D eigenvalue weighted by Crippen LogP contribution is 2.13. The number of aryl methyl sites for hydroxylation is 3. The molecule has 0 fully saturated rings. The number of hydrogen-bond donors (Lipinski definition) is 0. The molecule has 0 bridgehead atoms. The Hall–Kier alpha value is -1.90. The molecule has 1 aromatic carbocycles. The number of carbonyl (C=O) groups excluding carboxylic acids is 1. The summed E-state index contributed by atoms with van der Waals surface area (Å²) >= 11 is 0. The van der Waals surface area contributed by atoms with E-state index >= 15 is 0 Å². The summed E-state index contributed by atoms with van der Waals surface area (Å²) in [6.45, 7) is 3.99. The zero-order valence-corrected chi connectivity index (χ0v) is 9.69. The van der Waals surface area contributed by atoms with Crippen molar-refractivity contribution in [1.82, 2.24) is 9.78 Å². The van der Waals surface area contributed by atoms with Gasteiger partial charge in [-0.15, -0.1) is 0 Å². The van der Waals surface area contributed by atoms with Gasteiger partial charge in [-0.3, -0.25) is 9.48 Å². The molecule has 0 aliphatic carbocycles. The van der Waals surface area contributed by atoms with Crippen molar-refractivity contribution in [3.63, 3.8) is 0 Å². The van der Waals surface area contributed by atoms with E-state index in [1.54, 1.807) is 24.0 Å². The average Bonchev–Trinajstić information content (AvgIpc) is 2.62. The van der Waals surface area contributed by atoms with Crippen LogP contribution in [0.1, 0.15) is 27.2 Å². The number of hydrogen-bond acceptors (Lipinski definition) is 2. The minimum Gasteiger partial charge on any atom is -0.287 e.